The zero-order valence-electron chi connectivity index (χ0n) is 10.5. The van der Waals surface area contributed by atoms with Crippen LogP contribution in [0.25, 0.3) is 0 Å². The average Bonchev–Trinajstić information content (AvgIpc) is 2.23. The molecule has 0 aromatic carbocycles. The van der Waals surface area contributed by atoms with E-state index in [4.69, 9.17) is 0 Å². The Balaban J connectivity index is 2.32. The molecule has 1 heterocycles. The fraction of sp³-hybridized carbons (Fsp3) is 0.833. The molecule has 0 saturated carbocycles. The molecule has 16 heavy (non-hydrogen) atoms. The van der Waals surface area contributed by atoms with Crippen molar-refractivity contribution in [2.24, 2.45) is 5.92 Å². The Labute approximate surface area is 97.4 Å². The number of rotatable bonds is 4. The van der Waals surface area contributed by atoms with Crippen molar-refractivity contribution in [3.8, 4) is 0 Å². The Morgan fingerprint density at radius 2 is 2.31 bits per heavy atom. The van der Waals surface area contributed by atoms with Gasteiger partial charge >= 0.3 is 0 Å². The molecule has 0 bridgehead atoms. The molecule has 1 N–H and O–H groups in total. The Morgan fingerprint density at radius 1 is 1.62 bits per heavy atom. The van der Waals surface area contributed by atoms with Gasteiger partial charge in [-0.25, -0.2) is 0 Å². The third kappa shape index (κ3) is 3.93. The molecule has 0 spiro atoms. The number of carbonyl (C=O) groups excluding carboxylic acids is 2. The molecule has 1 fully saturated rings. The molecule has 1 rings (SSSR count). The van der Waals surface area contributed by atoms with Crippen molar-refractivity contribution in [3.05, 3.63) is 0 Å². The second-order valence-corrected chi connectivity index (χ2v) is 4.73. The molecular weight excluding hydrogens is 204 g/mol. The summed E-state index contributed by atoms with van der Waals surface area (Å²) in [5.41, 5.74) is 0. The van der Waals surface area contributed by atoms with Crippen molar-refractivity contribution >= 4 is 11.7 Å². The van der Waals surface area contributed by atoms with E-state index in [2.05, 4.69) is 10.2 Å². The summed E-state index contributed by atoms with van der Waals surface area (Å²) in [5, 5.41) is 2.94. The molecule has 2 unspecified atom stereocenters. The number of nitrogens with one attached hydrogen (secondary N) is 1. The SMILES string of the molecule is CCC(C)NC(=O)CN1CCC(=O)C(C)C1. The van der Waals surface area contributed by atoms with Gasteiger partial charge in [0, 0.05) is 31.5 Å². The number of Topliss-reactive ketones (excluding diaryl/α,β-unsaturated/α-hetero) is 1. The first-order chi connectivity index (χ1) is 7.52. The zero-order valence-corrected chi connectivity index (χ0v) is 10.5. The summed E-state index contributed by atoms with van der Waals surface area (Å²) < 4.78 is 0. The smallest absolute Gasteiger partial charge is 0.234 e. The number of piperidine rings is 1. The Bertz CT molecular complexity index is 266. The van der Waals surface area contributed by atoms with Crippen LogP contribution in [-0.2, 0) is 9.59 Å². The molecule has 0 aromatic heterocycles. The number of likely N-dealkylation sites (tertiary alicyclic amines) is 1. The number of ketones is 1. The largest absolute Gasteiger partial charge is 0.353 e. The number of amides is 1. The maximum Gasteiger partial charge on any atom is 0.234 e. The lowest BCUT2D eigenvalue weighted by Gasteiger charge is -2.29. The van der Waals surface area contributed by atoms with Gasteiger partial charge in [-0.1, -0.05) is 13.8 Å². The van der Waals surface area contributed by atoms with Gasteiger partial charge in [0.15, 0.2) is 0 Å². The van der Waals surface area contributed by atoms with Crippen molar-refractivity contribution in [2.45, 2.75) is 39.7 Å². The van der Waals surface area contributed by atoms with Crippen LogP contribution in [0.2, 0.25) is 0 Å². The number of carbonyl (C=O) groups is 2. The summed E-state index contributed by atoms with van der Waals surface area (Å²) in [4.78, 5) is 25.0. The lowest BCUT2D eigenvalue weighted by molar-refractivity contribution is -0.129. The monoisotopic (exact) mass is 226 g/mol. The second-order valence-electron chi connectivity index (χ2n) is 4.73. The third-order valence-electron chi connectivity index (χ3n) is 3.14. The highest BCUT2D eigenvalue weighted by Crippen LogP contribution is 2.11. The summed E-state index contributed by atoms with van der Waals surface area (Å²) >= 11 is 0. The van der Waals surface area contributed by atoms with Crippen LogP contribution in [0.4, 0.5) is 0 Å². The summed E-state index contributed by atoms with van der Waals surface area (Å²) in [6, 6.07) is 0.233. The minimum absolute atomic E-state index is 0.0656. The molecule has 1 aliphatic rings. The van der Waals surface area contributed by atoms with Gasteiger partial charge in [0.1, 0.15) is 5.78 Å². The van der Waals surface area contributed by atoms with E-state index in [-0.39, 0.29) is 17.9 Å². The lowest BCUT2D eigenvalue weighted by atomic mass is 9.99. The van der Waals surface area contributed by atoms with E-state index in [0.29, 0.717) is 25.3 Å². The topological polar surface area (TPSA) is 49.4 Å². The van der Waals surface area contributed by atoms with E-state index in [1.54, 1.807) is 0 Å². The first kappa shape index (κ1) is 13.2. The van der Waals surface area contributed by atoms with Crippen LogP contribution in [0.15, 0.2) is 0 Å². The number of hydrogen-bond acceptors (Lipinski definition) is 3. The highest BCUT2D eigenvalue weighted by atomic mass is 16.2. The maximum atomic E-state index is 11.6. The lowest BCUT2D eigenvalue weighted by Crippen LogP contribution is -2.46. The fourth-order valence-electron chi connectivity index (χ4n) is 1.86. The molecule has 4 heteroatoms. The fourth-order valence-corrected chi connectivity index (χ4v) is 1.86. The highest BCUT2D eigenvalue weighted by molar-refractivity contribution is 5.82. The highest BCUT2D eigenvalue weighted by Gasteiger charge is 2.24. The van der Waals surface area contributed by atoms with Crippen LogP contribution in [-0.4, -0.2) is 42.3 Å². The Kier molecular flexibility index (Phi) is 4.93. The standard InChI is InChI=1S/C12H22N2O2/c1-4-10(3)13-12(16)8-14-6-5-11(15)9(2)7-14/h9-10H,4-8H2,1-3H3,(H,13,16). The first-order valence-electron chi connectivity index (χ1n) is 6.07. The van der Waals surface area contributed by atoms with Gasteiger partial charge in [-0.3, -0.25) is 14.5 Å². The van der Waals surface area contributed by atoms with E-state index in [1.807, 2.05) is 20.8 Å². The Hall–Kier alpha value is -0.900. The molecule has 0 aliphatic carbocycles. The quantitative estimate of drug-likeness (QED) is 0.772. The van der Waals surface area contributed by atoms with Crippen molar-refractivity contribution in [1.82, 2.24) is 10.2 Å². The van der Waals surface area contributed by atoms with Crippen molar-refractivity contribution < 1.29 is 9.59 Å². The van der Waals surface area contributed by atoms with Crippen LogP contribution in [0, 0.1) is 5.92 Å². The van der Waals surface area contributed by atoms with Crippen molar-refractivity contribution in [3.63, 3.8) is 0 Å². The molecule has 1 saturated heterocycles. The molecule has 1 amide bonds. The molecule has 1 aliphatic heterocycles. The first-order valence-corrected chi connectivity index (χ1v) is 6.07. The van der Waals surface area contributed by atoms with Gasteiger partial charge in [0.05, 0.1) is 6.54 Å². The summed E-state index contributed by atoms with van der Waals surface area (Å²) in [6.07, 6.45) is 1.53. The number of nitrogens with zero attached hydrogens (tertiary/aromatic N) is 1. The minimum Gasteiger partial charge on any atom is -0.353 e. The van der Waals surface area contributed by atoms with E-state index < -0.39 is 0 Å². The summed E-state index contributed by atoms with van der Waals surface area (Å²) in [6.45, 7) is 7.83. The summed E-state index contributed by atoms with van der Waals surface area (Å²) in [7, 11) is 0. The van der Waals surface area contributed by atoms with E-state index >= 15 is 0 Å². The van der Waals surface area contributed by atoms with Crippen LogP contribution in [0.5, 0.6) is 0 Å². The average molecular weight is 226 g/mol. The molecule has 92 valence electrons. The molecular formula is C12H22N2O2. The van der Waals surface area contributed by atoms with Crippen molar-refractivity contribution in [1.29, 1.82) is 0 Å². The van der Waals surface area contributed by atoms with Crippen LogP contribution in [0.1, 0.15) is 33.6 Å². The third-order valence-corrected chi connectivity index (χ3v) is 3.14. The molecule has 4 nitrogen and oxygen atoms in total. The molecule has 2 atom stereocenters. The normalized spacial score (nSPS) is 24.2. The van der Waals surface area contributed by atoms with Crippen LogP contribution in [0.3, 0.4) is 0 Å². The van der Waals surface area contributed by atoms with Gasteiger partial charge in [0.2, 0.25) is 5.91 Å². The second kappa shape index (κ2) is 5.99. The Morgan fingerprint density at radius 3 is 2.88 bits per heavy atom. The van der Waals surface area contributed by atoms with Gasteiger partial charge in [-0.2, -0.15) is 0 Å². The van der Waals surface area contributed by atoms with Crippen LogP contribution < -0.4 is 5.32 Å². The van der Waals surface area contributed by atoms with Crippen LogP contribution >= 0.6 is 0 Å². The van der Waals surface area contributed by atoms with Gasteiger partial charge in [0.25, 0.3) is 0 Å². The van der Waals surface area contributed by atoms with E-state index in [1.165, 1.54) is 0 Å². The molecule has 0 radical (unpaired) electrons. The zero-order chi connectivity index (χ0) is 12.1. The summed E-state index contributed by atoms with van der Waals surface area (Å²) in [5.74, 6) is 0.458. The maximum absolute atomic E-state index is 11.6. The van der Waals surface area contributed by atoms with Crippen molar-refractivity contribution in [2.75, 3.05) is 19.6 Å². The minimum atomic E-state index is 0.0656. The molecule has 0 aromatic rings. The van der Waals surface area contributed by atoms with Gasteiger partial charge in [-0.15, -0.1) is 0 Å². The number of hydrogen-bond donors (Lipinski definition) is 1. The predicted octanol–water partition coefficient (Wildman–Crippen LogP) is 0.812. The van der Waals surface area contributed by atoms with Gasteiger partial charge in [-0.05, 0) is 13.3 Å². The predicted molar refractivity (Wildman–Crippen MR) is 63.1 cm³/mol. The van der Waals surface area contributed by atoms with Gasteiger partial charge < -0.3 is 5.32 Å². The van der Waals surface area contributed by atoms with E-state index in [9.17, 15) is 9.59 Å². The van der Waals surface area contributed by atoms with E-state index in [0.717, 1.165) is 13.0 Å².